The Kier molecular flexibility index (Phi) is 2.93. The SMILES string of the molecule is CC(O)C(C)Sc1n[nH]c(N)n1. The van der Waals surface area contributed by atoms with Gasteiger partial charge in [0.2, 0.25) is 11.1 Å². The third-order valence-corrected chi connectivity index (χ3v) is 2.61. The molecule has 0 saturated carbocycles. The fourth-order valence-corrected chi connectivity index (χ4v) is 1.35. The van der Waals surface area contributed by atoms with Crippen LogP contribution in [0.1, 0.15) is 13.8 Å². The molecular weight excluding hydrogens is 176 g/mol. The summed E-state index contributed by atoms with van der Waals surface area (Å²) in [4.78, 5) is 3.90. The maximum atomic E-state index is 9.17. The second-order valence-corrected chi connectivity index (χ2v) is 3.91. The van der Waals surface area contributed by atoms with Crippen molar-refractivity contribution in [3.8, 4) is 0 Å². The summed E-state index contributed by atoms with van der Waals surface area (Å²) in [5.41, 5.74) is 5.33. The number of hydrogen-bond acceptors (Lipinski definition) is 5. The highest BCUT2D eigenvalue weighted by Gasteiger charge is 2.12. The monoisotopic (exact) mass is 188 g/mol. The predicted octanol–water partition coefficient (Wildman–Crippen LogP) is 0.248. The van der Waals surface area contributed by atoms with Crippen LogP contribution in [0.3, 0.4) is 0 Å². The van der Waals surface area contributed by atoms with E-state index in [1.807, 2.05) is 6.92 Å². The van der Waals surface area contributed by atoms with E-state index in [9.17, 15) is 5.11 Å². The lowest BCUT2D eigenvalue weighted by atomic mass is 10.3. The van der Waals surface area contributed by atoms with Crippen molar-refractivity contribution in [3.05, 3.63) is 0 Å². The highest BCUT2D eigenvalue weighted by atomic mass is 32.2. The number of anilines is 1. The van der Waals surface area contributed by atoms with Crippen LogP contribution in [0.15, 0.2) is 5.16 Å². The van der Waals surface area contributed by atoms with E-state index in [-0.39, 0.29) is 11.4 Å². The van der Waals surface area contributed by atoms with Crippen molar-refractivity contribution in [2.24, 2.45) is 0 Å². The average Bonchev–Trinajstić information content (AvgIpc) is 2.35. The summed E-state index contributed by atoms with van der Waals surface area (Å²) >= 11 is 1.39. The van der Waals surface area contributed by atoms with Gasteiger partial charge in [-0.2, -0.15) is 4.98 Å². The van der Waals surface area contributed by atoms with Crippen LogP contribution in [0.5, 0.6) is 0 Å². The predicted molar refractivity (Wildman–Crippen MR) is 47.8 cm³/mol. The number of nitrogen functional groups attached to an aromatic ring is 1. The van der Waals surface area contributed by atoms with Gasteiger partial charge in [-0.15, -0.1) is 5.10 Å². The summed E-state index contributed by atoms with van der Waals surface area (Å²) in [7, 11) is 0. The van der Waals surface area contributed by atoms with Gasteiger partial charge < -0.3 is 10.8 Å². The van der Waals surface area contributed by atoms with Gasteiger partial charge in [0.25, 0.3) is 0 Å². The zero-order chi connectivity index (χ0) is 9.14. The largest absolute Gasteiger partial charge is 0.392 e. The van der Waals surface area contributed by atoms with Gasteiger partial charge in [-0.25, -0.2) is 5.10 Å². The Morgan fingerprint density at radius 3 is 2.67 bits per heavy atom. The molecule has 4 N–H and O–H groups in total. The van der Waals surface area contributed by atoms with Crippen LogP contribution >= 0.6 is 11.8 Å². The number of aromatic amines is 1. The zero-order valence-electron chi connectivity index (χ0n) is 6.98. The molecule has 0 fully saturated rings. The van der Waals surface area contributed by atoms with E-state index in [0.717, 1.165) is 0 Å². The van der Waals surface area contributed by atoms with Crippen LogP contribution < -0.4 is 5.73 Å². The summed E-state index contributed by atoms with van der Waals surface area (Å²) in [6.07, 6.45) is -0.380. The lowest BCUT2D eigenvalue weighted by Crippen LogP contribution is -2.15. The lowest BCUT2D eigenvalue weighted by Gasteiger charge is -2.10. The number of H-pyrrole nitrogens is 1. The molecule has 6 heteroatoms. The second kappa shape index (κ2) is 3.77. The number of aliphatic hydroxyl groups is 1. The van der Waals surface area contributed by atoms with Gasteiger partial charge in [0.05, 0.1) is 6.10 Å². The Bertz CT molecular complexity index is 249. The second-order valence-electron chi connectivity index (χ2n) is 2.57. The molecule has 5 nitrogen and oxygen atoms in total. The molecule has 0 bridgehead atoms. The summed E-state index contributed by atoms with van der Waals surface area (Å²) in [5.74, 6) is 0.301. The van der Waals surface area contributed by atoms with Crippen LogP contribution in [0.25, 0.3) is 0 Å². The highest BCUT2D eigenvalue weighted by molar-refractivity contribution is 7.99. The highest BCUT2D eigenvalue weighted by Crippen LogP contribution is 2.21. The lowest BCUT2D eigenvalue weighted by molar-refractivity contribution is 0.196. The molecule has 68 valence electrons. The van der Waals surface area contributed by atoms with Crippen LogP contribution in [-0.4, -0.2) is 31.6 Å². The zero-order valence-corrected chi connectivity index (χ0v) is 7.80. The molecule has 2 unspecified atom stereocenters. The summed E-state index contributed by atoms with van der Waals surface area (Å²) < 4.78 is 0. The number of rotatable bonds is 3. The molecule has 1 heterocycles. The molecule has 0 aromatic carbocycles. The van der Waals surface area contributed by atoms with Crippen molar-refractivity contribution in [1.29, 1.82) is 0 Å². The van der Waals surface area contributed by atoms with Crippen LogP contribution in [0.2, 0.25) is 0 Å². The quantitative estimate of drug-likeness (QED) is 0.592. The van der Waals surface area contributed by atoms with E-state index < -0.39 is 0 Å². The Labute approximate surface area is 74.8 Å². The Morgan fingerprint density at radius 1 is 1.58 bits per heavy atom. The summed E-state index contributed by atoms with van der Waals surface area (Å²) in [6, 6.07) is 0. The molecule has 0 spiro atoms. The minimum atomic E-state index is -0.380. The van der Waals surface area contributed by atoms with Crippen molar-refractivity contribution in [3.63, 3.8) is 0 Å². The Balaban J connectivity index is 2.52. The van der Waals surface area contributed by atoms with Gasteiger partial charge in [0, 0.05) is 5.25 Å². The summed E-state index contributed by atoms with van der Waals surface area (Å²) in [5, 5.41) is 16.2. The first-order chi connectivity index (χ1) is 5.59. The number of nitrogens with one attached hydrogen (secondary N) is 1. The number of thioether (sulfide) groups is 1. The van der Waals surface area contributed by atoms with E-state index in [1.54, 1.807) is 6.92 Å². The van der Waals surface area contributed by atoms with Crippen molar-refractivity contribution < 1.29 is 5.11 Å². The van der Waals surface area contributed by atoms with E-state index >= 15 is 0 Å². The number of aromatic nitrogens is 3. The third-order valence-electron chi connectivity index (χ3n) is 1.45. The van der Waals surface area contributed by atoms with Gasteiger partial charge in [0.1, 0.15) is 0 Å². The minimum absolute atomic E-state index is 0.0696. The van der Waals surface area contributed by atoms with E-state index in [1.165, 1.54) is 11.8 Å². The maximum Gasteiger partial charge on any atom is 0.216 e. The first-order valence-electron chi connectivity index (χ1n) is 3.62. The Morgan fingerprint density at radius 2 is 2.25 bits per heavy atom. The van der Waals surface area contributed by atoms with E-state index in [0.29, 0.717) is 11.1 Å². The minimum Gasteiger partial charge on any atom is -0.392 e. The molecule has 2 atom stereocenters. The van der Waals surface area contributed by atoms with E-state index in [4.69, 9.17) is 5.73 Å². The van der Waals surface area contributed by atoms with Crippen molar-refractivity contribution >= 4 is 17.7 Å². The number of hydrogen-bond donors (Lipinski definition) is 3. The molecule has 0 aliphatic heterocycles. The van der Waals surface area contributed by atoms with Crippen molar-refractivity contribution in [2.45, 2.75) is 30.4 Å². The summed E-state index contributed by atoms with van der Waals surface area (Å²) in [6.45, 7) is 3.63. The Hall–Kier alpha value is -0.750. The number of nitrogens with two attached hydrogens (primary N) is 1. The van der Waals surface area contributed by atoms with Gasteiger partial charge in [-0.1, -0.05) is 18.7 Å². The van der Waals surface area contributed by atoms with Crippen molar-refractivity contribution in [1.82, 2.24) is 15.2 Å². The molecule has 1 aromatic rings. The standard InChI is InChI=1S/C6H12N4OS/c1-3(11)4(2)12-6-8-5(7)9-10-6/h3-4,11H,1-2H3,(H3,7,8,9,10). The third kappa shape index (κ3) is 2.38. The van der Waals surface area contributed by atoms with Crippen LogP contribution in [0, 0.1) is 0 Å². The van der Waals surface area contributed by atoms with Crippen molar-refractivity contribution in [2.75, 3.05) is 5.73 Å². The first kappa shape index (κ1) is 9.34. The fraction of sp³-hybridized carbons (Fsp3) is 0.667. The molecule has 0 radical (unpaired) electrons. The molecule has 0 saturated heterocycles. The normalized spacial score (nSPS) is 15.9. The molecule has 0 aliphatic rings. The van der Waals surface area contributed by atoms with E-state index in [2.05, 4.69) is 15.2 Å². The molecule has 0 aliphatic carbocycles. The van der Waals surface area contributed by atoms with Crippen LogP contribution in [-0.2, 0) is 0 Å². The fourth-order valence-electron chi connectivity index (χ4n) is 0.576. The van der Waals surface area contributed by atoms with Crippen LogP contribution in [0.4, 0.5) is 5.95 Å². The first-order valence-corrected chi connectivity index (χ1v) is 4.50. The van der Waals surface area contributed by atoms with Gasteiger partial charge >= 0.3 is 0 Å². The molecular formula is C6H12N4OS. The number of nitrogens with zero attached hydrogens (tertiary/aromatic N) is 2. The van der Waals surface area contributed by atoms with Gasteiger partial charge in [0.15, 0.2) is 0 Å². The maximum absolute atomic E-state index is 9.17. The molecule has 12 heavy (non-hydrogen) atoms. The smallest absolute Gasteiger partial charge is 0.216 e. The van der Waals surface area contributed by atoms with Gasteiger partial charge in [-0.3, -0.25) is 0 Å². The molecule has 1 aromatic heterocycles. The van der Waals surface area contributed by atoms with Gasteiger partial charge in [-0.05, 0) is 6.92 Å². The molecule has 1 rings (SSSR count). The average molecular weight is 188 g/mol. The topological polar surface area (TPSA) is 87.8 Å². The number of aliphatic hydroxyl groups excluding tert-OH is 1. The molecule has 0 amide bonds.